The lowest BCUT2D eigenvalue weighted by atomic mass is 10.00. The number of fused-ring (bicyclic) bond motifs is 1. The first-order valence-corrected chi connectivity index (χ1v) is 6.87. The van der Waals surface area contributed by atoms with Crippen LogP contribution in [0.4, 0.5) is 0 Å². The number of hydrogen-bond donors (Lipinski definition) is 1. The largest absolute Gasteiger partial charge is 0.337 e. The minimum atomic E-state index is 0.202. The summed E-state index contributed by atoms with van der Waals surface area (Å²) in [5.74, 6) is 0.202. The first kappa shape index (κ1) is 14.0. The van der Waals surface area contributed by atoms with E-state index < -0.39 is 0 Å². The zero-order valence-corrected chi connectivity index (χ0v) is 11.9. The van der Waals surface area contributed by atoms with E-state index in [-0.39, 0.29) is 5.91 Å². The van der Waals surface area contributed by atoms with Crippen LogP contribution < -0.4 is 5.32 Å². The van der Waals surface area contributed by atoms with Gasteiger partial charge in [0.05, 0.1) is 6.54 Å². The van der Waals surface area contributed by atoms with E-state index in [1.807, 2.05) is 25.1 Å². The van der Waals surface area contributed by atoms with Crippen molar-refractivity contribution in [2.24, 2.45) is 0 Å². The van der Waals surface area contributed by atoms with Crippen LogP contribution >= 0.6 is 0 Å². The third-order valence-corrected chi connectivity index (χ3v) is 3.50. The van der Waals surface area contributed by atoms with Crippen molar-refractivity contribution < 1.29 is 4.79 Å². The van der Waals surface area contributed by atoms with Crippen LogP contribution in [0, 0.1) is 0 Å². The summed E-state index contributed by atoms with van der Waals surface area (Å²) in [5.41, 5.74) is 2.67. The first-order chi connectivity index (χ1) is 9.16. The summed E-state index contributed by atoms with van der Waals surface area (Å²) in [6.07, 6.45) is 0.972. The summed E-state index contributed by atoms with van der Waals surface area (Å²) in [7, 11) is 4.07. The zero-order valence-electron chi connectivity index (χ0n) is 11.9. The van der Waals surface area contributed by atoms with Crippen LogP contribution in [0.25, 0.3) is 0 Å². The predicted molar refractivity (Wildman–Crippen MR) is 77.0 cm³/mol. The Kier molecular flexibility index (Phi) is 4.93. The van der Waals surface area contributed by atoms with Gasteiger partial charge in [-0.05, 0) is 31.6 Å². The molecule has 19 heavy (non-hydrogen) atoms. The van der Waals surface area contributed by atoms with E-state index in [2.05, 4.69) is 28.4 Å². The van der Waals surface area contributed by atoms with Crippen molar-refractivity contribution in [3.63, 3.8) is 0 Å². The molecule has 1 amide bonds. The third kappa shape index (κ3) is 4.04. The molecule has 1 aliphatic rings. The van der Waals surface area contributed by atoms with Gasteiger partial charge in [-0.25, -0.2) is 0 Å². The van der Waals surface area contributed by atoms with Crippen LogP contribution in [0.1, 0.15) is 11.1 Å². The summed E-state index contributed by atoms with van der Waals surface area (Å²) in [6, 6.07) is 8.39. The van der Waals surface area contributed by atoms with Crippen LogP contribution in [-0.4, -0.2) is 56.0 Å². The highest BCUT2D eigenvalue weighted by atomic mass is 16.2. The molecule has 0 unspecified atom stereocenters. The van der Waals surface area contributed by atoms with E-state index in [9.17, 15) is 4.79 Å². The molecular weight excluding hydrogens is 238 g/mol. The Morgan fingerprint density at radius 3 is 2.79 bits per heavy atom. The molecule has 0 aromatic heterocycles. The molecule has 4 nitrogen and oxygen atoms in total. The van der Waals surface area contributed by atoms with Gasteiger partial charge in [0.2, 0.25) is 5.91 Å². The Balaban J connectivity index is 1.79. The van der Waals surface area contributed by atoms with Gasteiger partial charge in [-0.1, -0.05) is 24.3 Å². The van der Waals surface area contributed by atoms with E-state index in [1.54, 1.807) is 0 Å². The number of carbonyl (C=O) groups is 1. The van der Waals surface area contributed by atoms with Gasteiger partial charge in [-0.15, -0.1) is 0 Å². The molecule has 0 fully saturated rings. The van der Waals surface area contributed by atoms with Crippen molar-refractivity contribution >= 4 is 5.91 Å². The van der Waals surface area contributed by atoms with E-state index in [1.165, 1.54) is 11.1 Å². The number of amides is 1. The Bertz CT molecular complexity index is 431. The highest BCUT2D eigenvalue weighted by molar-refractivity contribution is 5.78. The smallest absolute Gasteiger partial charge is 0.236 e. The maximum Gasteiger partial charge on any atom is 0.236 e. The fourth-order valence-electron chi connectivity index (χ4n) is 2.32. The second-order valence-corrected chi connectivity index (χ2v) is 5.31. The minimum absolute atomic E-state index is 0.202. The number of carbonyl (C=O) groups excluding carboxylic acids is 1. The van der Waals surface area contributed by atoms with Crippen LogP contribution in [0.15, 0.2) is 24.3 Å². The number of nitrogens with zero attached hydrogens (tertiary/aromatic N) is 2. The quantitative estimate of drug-likeness (QED) is 0.794. The second-order valence-electron chi connectivity index (χ2n) is 5.31. The number of nitrogens with one attached hydrogen (secondary N) is 1. The van der Waals surface area contributed by atoms with Crippen molar-refractivity contribution in [1.82, 2.24) is 15.1 Å². The Labute approximate surface area is 115 Å². The summed E-state index contributed by atoms with van der Waals surface area (Å²) in [5, 5.41) is 3.20. The van der Waals surface area contributed by atoms with Crippen molar-refractivity contribution in [2.75, 3.05) is 40.3 Å². The lowest BCUT2D eigenvalue weighted by Crippen LogP contribution is -2.42. The molecule has 0 aliphatic carbocycles. The number of rotatable bonds is 5. The molecule has 1 N–H and O–H groups in total. The highest BCUT2D eigenvalue weighted by Crippen LogP contribution is 2.18. The SMILES string of the molecule is CN(C)CCNCC(=O)N1CCc2ccccc2C1. The molecule has 2 rings (SSSR count). The lowest BCUT2D eigenvalue weighted by Gasteiger charge is -2.29. The Morgan fingerprint density at radius 1 is 1.32 bits per heavy atom. The molecular formula is C15H23N3O. The van der Waals surface area contributed by atoms with E-state index in [0.29, 0.717) is 6.54 Å². The average Bonchev–Trinajstić information content (AvgIpc) is 2.42. The van der Waals surface area contributed by atoms with Crippen LogP contribution in [0.5, 0.6) is 0 Å². The Morgan fingerprint density at radius 2 is 2.05 bits per heavy atom. The van der Waals surface area contributed by atoms with Gasteiger partial charge < -0.3 is 15.1 Å². The average molecular weight is 261 g/mol. The Hall–Kier alpha value is -1.39. The van der Waals surface area contributed by atoms with Crippen LogP contribution in [0.2, 0.25) is 0 Å². The molecule has 0 saturated carbocycles. The molecule has 0 radical (unpaired) electrons. The molecule has 1 aromatic carbocycles. The first-order valence-electron chi connectivity index (χ1n) is 6.87. The van der Waals surface area contributed by atoms with Crippen LogP contribution in [0.3, 0.4) is 0 Å². The van der Waals surface area contributed by atoms with Crippen molar-refractivity contribution in [2.45, 2.75) is 13.0 Å². The maximum atomic E-state index is 12.1. The van der Waals surface area contributed by atoms with Gasteiger partial charge in [0, 0.05) is 26.2 Å². The number of likely N-dealkylation sites (N-methyl/N-ethyl adjacent to an activating group) is 1. The van der Waals surface area contributed by atoms with Crippen molar-refractivity contribution in [1.29, 1.82) is 0 Å². The normalized spacial score (nSPS) is 14.6. The van der Waals surface area contributed by atoms with E-state index >= 15 is 0 Å². The van der Waals surface area contributed by atoms with Gasteiger partial charge in [-0.2, -0.15) is 0 Å². The predicted octanol–water partition coefficient (Wildman–Crippen LogP) is 0.723. The highest BCUT2D eigenvalue weighted by Gasteiger charge is 2.19. The van der Waals surface area contributed by atoms with Gasteiger partial charge in [0.1, 0.15) is 0 Å². The van der Waals surface area contributed by atoms with Crippen molar-refractivity contribution in [3.8, 4) is 0 Å². The van der Waals surface area contributed by atoms with Crippen molar-refractivity contribution in [3.05, 3.63) is 35.4 Å². The second kappa shape index (κ2) is 6.68. The number of benzene rings is 1. The molecule has 1 heterocycles. The molecule has 0 atom stereocenters. The lowest BCUT2D eigenvalue weighted by molar-refractivity contribution is -0.131. The molecule has 0 spiro atoms. The third-order valence-electron chi connectivity index (χ3n) is 3.50. The van der Waals surface area contributed by atoms with Gasteiger partial charge in [0.15, 0.2) is 0 Å². The summed E-state index contributed by atoms with van der Waals surface area (Å²) < 4.78 is 0. The summed E-state index contributed by atoms with van der Waals surface area (Å²) in [4.78, 5) is 16.2. The molecule has 4 heteroatoms. The zero-order chi connectivity index (χ0) is 13.7. The summed E-state index contributed by atoms with van der Waals surface area (Å²) >= 11 is 0. The van der Waals surface area contributed by atoms with E-state index in [0.717, 1.165) is 32.6 Å². The number of hydrogen-bond acceptors (Lipinski definition) is 3. The monoisotopic (exact) mass is 261 g/mol. The maximum absolute atomic E-state index is 12.1. The fourth-order valence-corrected chi connectivity index (χ4v) is 2.32. The topological polar surface area (TPSA) is 35.6 Å². The van der Waals surface area contributed by atoms with Gasteiger partial charge in [-0.3, -0.25) is 4.79 Å². The van der Waals surface area contributed by atoms with E-state index in [4.69, 9.17) is 0 Å². The molecule has 0 bridgehead atoms. The molecule has 104 valence electrons. The van der Waals surface area contributed by atoms with Gasteiger partial charge in [0.25, 0.3) is 0 Å². The van der Waals surface area contributed by atoms with Crippen LogP contribution in [-0.2, 0) is 17.8 Å². The summed E-state index contributed by atoms with van der Waals surface area (Å²) in [6.45, 7) is 3.84. The molecule has 1 aromatic rings. The molecule has 0 saturated heterocycles. The minimum Gasteiger partial charge on any atom is -0.337 e. The van der Waals surface area contributed by atoms with Gasteiger partial charge >= 0.3 is 0 Å². The molecule has 1 aliphatic heterocycles. The fraction of sp³-hybridized carbons (Fsp3) is 0.533. The standard InChI is InChI=1S/C15H23N3O/c1-17(2)10-8-16-11-15(19)18-9-7-13-5-3-4-6-14(13)12-18/h3-6,16H,7-12H2,1-2H3.